The van der Waals surface area contributed by atoms with Gasteiger partial charge < -0.3 is 11.1 Å². The standard InChI is InChI=1S/C9H18N2O/c1-6(2)8(5-10)7-3-4-11-9(7)12/h6-8H,3-5,10H2,1-2H3,(H,11,12). The van der Waals surface area contributed by atoms with Gasteiger partial charge in [-0.05, 0) is 24.8 Å². The molecule has 2 atom stereocenters. The van der Waals surface area contributed by atoms with E-state index in [1.165, 1.54) is 0 Å². The lowest BCUT2D eigenvalue weighted by atomic mass is 9.82. The van der Waals surface area contributed by atoms with Crippen LogP contribution in [0.15, 0.2) is 0 Å². The maximum absolute atomic E-state index is 11.3. The maximum atomic E-state index is 11.3. The first-order valence-electron chi connectivity index (χ1n) is 4.64. The van der Waals surface area contributed by atoms with Gasteiger partial charge in [0.05, 0.1) is 0 Å². The van der Waals surface area contributed by atoms with E-state index in [4.69, 9.17) is 5.73 Å². The molecule has 12 heavy (non-hydrogen) atoms. The Kier molecular flexibility index (Phi) is 3.09. The molecular weight excluding hydrogens is 152 g/mol. The van der Waals surface area contributed by atoms with Gasteiger partial charge >= 0.3 is 0 Å². The normalized spacial score (nSPS) is 26.0. The first-order valence-corrected chi connectivity index (χ1v) is 4.64. The largest absolute Gasteiger partial charge is 0.356 e. The highest BCUT2D eigenvalue weighted by Crippen LogP contribution is 2.25. The summed E-state index contributed by atoms with van der Waals surface area (Å²) < 4.78 is 0. The number of hydrogen-bond donors (Lipinski definition) is 2. The minimum absolute atomic E-state index is 0.162. The van der Waals surface area contributed by atoms with Crippen LogP contribution in [0.25, 0.3) is 0 Å². The Hall–Kier alpha value is -0.570. The highest BCUT2D eigenvalue weighted by molar-refractivity contribution is 5.80. The lowest BCUT2D eigenvalue weighted by Crippen LogP contribution is -2.33. The predicted octanol–water partition coefficient (Wildman–Crippen LogP) is 0.353. The quantitative estimate of drug-likeness (QED) is 0.642. The van der Waals surface area contributed by atoms with Crippen molar-refractivity contribution in [1.82, 2.24) is 5.32 Å². The van der Waals surface area contributed by atoms with Gasteiger partial charge in [0.2, 0.25) is 5.91 Å². The fourth-order valence-corrected chi connectivity index (χ4v) is 1.92. The molecule has 2 unspecified atom stereocenters. The number of nitrogens with two attached hydrogens (primary N) is 1. The number of carbonyl (C=O) groups excluding carboxylic acids is 1. The molecule has 0 aromatic carbocycles. The molecule has 0 aromatic heterocycles. The zero-order valence-electron chi connectivity index (χ0n) is 7.84. The van der Waals surface area contributed by atoms with Crippen molar-refractivity contribution in [2.45, 2.75) is 20.3 Å². The van der Waals surface area contributed by atoms with Crippen LogP contribution in [0.4, 0.5) is 0 Å². The van der Waals surface area contributed by atoms with Gasteiger partial charge in [-0.15, -0.1) is 0 Å². The number of carbonyl (C=O) groups is 1. The third-order valence-corrected chi connectivity index (χ3v) is 2.74. The molecule has 1 saturated heterocycles. The number of hydrogen-bond acceptors (Lipinski definition) is 2. The summed E-state index contributed by atoms with van der Waals surface area (Å²) in [6, 6.07) is 0. The summed E-state index contributed by atoms with van der Waals surface area (Å²) >= 11 is 0. The van der Waals surface area contributed by atoms with Gasteiger partial charge in [-0.2, -0.15) is 0 Å². The van der Waals surface area contributed by atoms with Crippen LogP contribution in [0.3, 0.4) is 0 Å². The van der Waals surface area contributed by atoms with Crippen molar-refractivity contribution in [3.8, 4) is 0 Å². The number of nitrogens with one attached hydrogen (secondary N) is 1. The molecule has 3 nitrogen and oxygen atoms in total. The molecule has 1 fully saturated rings. The lowest BCUT2D eigenvalue weighted by molar-refractivity contribution is -0.124. The van der Waals surface area contributed by atoms with E-state index >= 15 is 0 Å². The summed E-state index contributed by atoms with van der Waals surface area (Å²) in [6.07, 6.45) is 0.957. The van der Waals surface area contributed by atoms with Crippen LogP contribution in [0.1, 0.15) is 20.3 Å². The summed E-state index contributed by atoms with van der Waals surface area (Å²) in [5.74, 6) is 1.21. The van der Waals surface area contributed by atoms with Gasteiger partial charge in [0, 0.05) is 12.5 Å². The first-order chi connectivity index (χ1) is 5.66. The topological polar surface area (TPSA) is 55.1 Å². The maximum Gasteiger partial charge on any atom is 0.223 e. The SMILES string of the molecule is CC(C)C(CN)C1CCNC1=O. The first kappa shape index (κ1) is 9.52. The van der Waals surface area contributed by atoms with Crippen LogP contribution in [-0.4, -0.2) is 19.0 Å². The summed E-state index contributed by atoms with van der Waals surface area (Å²) in [5.41, 5.74) is 5.64. The van der Waals surface area contributed by atoms with Gasteiger partial charge in [-0.1, -0.05) is 13.8 Å². The Morgan fingerprint density at radius 3 is 2.67 bits per heavy atom. The van der Waals surface area contributed by atoms with Gasteiger partial charge in [-0.3, -0.25) is 4.79 Å². The van der Waals surface area contributed by atoms with Crippen molar-refractivity contribution in [2.24, 2.45) is 23.5 Å². The predicted molar refractivity (Wildman–Crippen MR) is 48.5 cm³/mol. The van der Waals surface area contributed by atoms with Gasteiger partial charge in [-0.25, -0.2) is 0 Å². The molecule has 0 spiro atoms. The van der Waals surface area contributed by atoms with Crippen LogP contribution in [0.5, 0.6) is 0 Å². The molecule has 0 aliphatic carbocycles. The van der Waals surface area contributed by atoms with E-state index in [9.17, 15) is 4.79 Å². The zero-order valence-corrected chi connectivity index (χ0v) is 7.84. The van der Waals surface area contributed by atoms with E-state index in [2.05, 4.69) is 19.2 Å². The fourth-order valence-electron chi connectivity index (χ4n) is 1.92. The summed E-state index contributed by atoms with van der Waals surface area (Å²) in [7, 11) is 0. The van der Waals surface area contributed by atoms with Crippen molar-refractivity contribution >= 4 is 5.91 Å². The lowest BCUT2D eigenvalue weighted by Gasteiger charge is -2.23. The number of rotatable bonds is 3. The molecule has 0 radical (unpaired) electrons. The van der Waals surface area contributed by atoms with Crippen LogP contribution in [-0.2, 0) is 4.79 Å². The Morgan fingerprint density at radius 2 is 2.33 bits per heavy atom. The van der Waals surface area contributed by atoms with Crippen LogP contribution in [0, 0.1) is 17.8 Å². The van der Waals surface area contributed by atoms with Gasteiger partial charge in [0.15, 0.2) is 0 Å². The molecule has 1 heterocycles. The molecule has 0 bridgehead atoms. The van der Waals surface area contributed by atoms with Crippen LogP contribution >= 0.6 is 0 Å². The Balaban J connectivity index is 2.58. The molecule has 1 rings (SSSR count). The second kappa shape index (κ2) is 3.90. The average molecular weight is 170 g/mol. The van der Waals surface area contributed by atoms with E-state index in [0.717, 1.165) is 13.0 Å². The third kappa shape index (κ3) is 1.78. The highest BCUT2D eigenvalue weighted by Gasteiger charge is 2.32. The second-order valence-electron chi connectivity index (χ2n) is 3.83. The molecule has 3 heteroatoms. The third-order valence-electron chi connectivity index (χ3n) is 2.74. The zero-order chi connectivity index (χ0) is 9.14. The molecule has 0 saturated carbocycles. The minimum Gasteiger partial charge on any atom is -0.356 e. The van der Waals surface area contributed by atoms with Crippen molar-refractivity contribution in [2.75, 3.05) is 13.1 Å². The molecule has 70 valence electrons. The molecule has 1 aliphatic heterocycles. The Morgan fingerprint density at radius 1 is 1.67 bits per heavy atom. The number of amides is 1. The van der Waals surface area contributed by atoms with Crippen LogP contribution in [0.2, 0.25) is 0 Å². The van der Waals surface area contributed by atoms with E-state index in [-0.39, 0.29) is 11.8 Å². The Labute approximate surface area is 73.7 Å². The minimum atomic E-state index is 0.162. The average Bonchev–Trinajstić information content (AvgIpc) is 2.38. The molecule has 1 aliphatic rings. The van der Waals surface area contributed by atoms with Crippen LogP contribution < -0.4 is 11.1 Å². The summed E-state index contributed by atoms with van der Waals surface area (Å²) in [4.78, 5) is 11.3. The monoisotopic (exact) mass is 170 g/mol. The summed E-state index contributed by atoms with van der Waals surface area (Å²) in [5, 5.41) is 2.84. The Bertz CT molecular complexity index is 168. The van der Waals surface area contributed by atoms with Crippen molar-refractivity contribution in [3.63, 3.8) is 0 Å². The van der Waals surface area contributed by atoms with Crippen molar-refractivity contribution < 1.29 is 4.79 Å². The van der Waals surface area contributed by atoms with Gasteiger partial charge in [0.1, 0.15) is 0 Å². The van der Waals surface area contributed by atoms with E-state index in [0.29, 0.717) is 18.4 Å². The summed E-state index contributed by atoms with van der Waals surface area (Å²) in [6.45, 7) is 5.70. The van der Waals surface area contributed by atoms with E-state index < -0.39 is 0 Å². The second-order valence-corrected chi connectivity index (χ2v) is 3.83. The molecular formula is C9H18N2O. The molecule has 0 aromatic rings. The van der Waals surface area contributed by atoms with Crippen molar-refractivity contribution in [1.29, 1.82) is 0 Å². The highest BCUT2D eigenvalue weighted by atomic mass is 16.2. The molecule has 3 N–H and O–H groups in total. The van der Waals surface area contributed by atoms with Crippen molar-refractivity contribution in [3.05, 3.63) is 0 Å². The van der Waals surface area contributed by atoms with E-state index in [1.807, 2.05) is 0 Å². The van der Waals surface area contributed by atoms with E-state index in [1.54, 1.807) is 0 Å². The fraction of sp³-hybridized carbons (Fsp3) is 0.889. The smallest absolute Gasteiger partial charge is 0.223 e. The van der Waals surface area contributed by atoms with Gasteiger partial charge in [0.25, 0.3) is 0 Å². The molecule has 1 amide bonds.